The lowest BCUT2D eigenvalue weighted by Gasteiger charge is -1.91. The predicted molar refractivity (Wildman–Crippen MR) is 33.2 cm³/mol. The maximum atomic E-state index is 3.64. The minimum absolute atomic E-state index is 0.698. The zero-order valence-electron chi connectivity index (χ0n) is 4.31. The summed E-state index contributed by atoms with van der Waals surface area (Å²) in [6.07, 6.45) is 5.80. The molecule has 0 heterocycles. The lowest BCUT2D eigenvalue weighted by Crippen LogP contribution is -1.76. The van der Waals surface area contributed by atoms with Crippen molar-refractivity contribution in [1.29, 1.82) is 0 Å². The van der Waals surface area contributed by atoms with Crippen LogP contribution in [-0.4, -0.2) is 6.30 Å². The smallest absolute Gasteiger partial charge is 0.0132 e. The summed E-state index contributed by atoms with van der Waals surface area (Å²) in [6.45, 7) is 4.30. The summed E-state index contributed by atoms with van der Waals surface area (Å²) >= 11 is 0. The first-order chi connectivity index (χ1) is 2.77. The highest BCUT2D eigenvalue weighted by Gasteiger charge is 1.84. The van der Waals surface area contributed by atoms with Gasteiger partial charge in [0.2, 0.25) is 0 Å². The van der Waals surface area contributed by atoms with Gasteiger partial charge in [-0.1, -0.05) is 20.1 Å². The Bertz CT molecular complexity index is 39.2. The first-order valence-corrected chi connectivity index (χ1v) is 3.21. The van der Waals surface area contributed by atoms with Crippen LogP contribution in [0.2, 0.25) is 0 Å². The van der Waals surface area contributed by atoms with E-state index in [0.29, 0.717) is 5.92 Å². The van der Waals surface area contributed by atoms with E-state index in [0.717, 1.165) is 8.20 Å². The molecule has 0 aliphatic carbocycles. The van der Waals surface area contributed by atoms with Gasteiger partial charge in [-0.2, -0.15) is 0 Å². The Morgan fingerprint density at radius 1 is 1.67 bits per heavy atom. The van der Waals surface area contributed by atoms with Gasteiger partial charge in [0, 0.05) is 6.16 Å². The zero-order valence-corrected chi connectivity index (χ0v) is 5.20. The third-order valence-corrected chi connectivity index (χ3v) is 1.21. The topological polar surface area (TPSA) is 0 Å². The Balaban J connectivity index is 2.81. The summed E-state index contributed by atoms with van der Waals surface area (Å²) in [5.41, 5.74) is 0. The van der Waals surface area contributed by atoms with Gasteiger partial charge in [0.05, 0.1) is 0 Å². The predicted octanol–water partition coefficient (Wildman–Crippen LogP) is 2.18. The van der Waals surface area contributed by atoms with E-state index in [4.69, 9.17) is 0 Å². The summed E-state index contributed by atoms with van der Waals surface area (Å²) in [5.74, 6) is 0.698. The first kappa shape index (κ1) is 6.17. The minimum atomic E-state index is 0.698. The minimum Gasteiger partial charge on any atom is -0.108 e. The molecule has 0 bridgehead atoms. The van der Waals surface area contributed by atoms with Crippen LogP contribution >= 0.6 is 8.20 Å². The van der Waals surface area contributed by atoms with E-state index < -0.39 is 0 Å². The number of rotatable bonds is 2. The summed E-state index contributed by atoms with van der Waals surface area (Å²) in [7, 11) is 1.15. The Kier molecular flexibility index (Phi) is 3.46. The second-order valence-electron chi connectivity index (χ2n) is 1.58. The van der Waals surface area contributed by atoms with Gasteiger partial charge in [-0.15, -0.1) is 8.20 Å². The molecule has 0 unspecified atom stereocenters. The average Bonchev–Trinajstić information content (AvgIpc) is 1.35. The maximum absolute atomic E-state index is 3.64. The van der Waals surface area contributed by atoms with Crippen LogP contribution in [0, 0.1) is 12.1 Å². The van der Waals surface area contributed by atoms with E-state index >= 15 is 0 Å². The molecule has 35 valence electrons. The molecule has 0 rings (SSSR count). The summed E-state index contributed by atoms with van der Waals surface area (Å²) in [4.78, 5) is 0. The van der Waals surface area contributed by atoms with E-state index in [1.54, 1.807) is 0 Å². The third-order valence-electron chi connectivity index (χ3n) is 0.404. The maximum Gasteiger partial charge on any atom is 0.0132 e. The fourth-order valence-electron chi connectivity index (χ4n) is 0.211. The Morgan fingerprint density at radius 2 is 2.17 bits per heavy atom. The molecule has 6 heavy (non-hydrogen) atoms. The fourth-order valence-corrected chi connectivity index (χ4v) is 0.632. The summed E-state index contributed by atoms with van der Waals surface area (Å²) in [5, 5.41) is 0. The van der Waals surface area contributed by atoms with Gasteiger partial charge in [0.25, 0.3) is 0 Å². The van der Waals surface area contributed by atoms with Crippen LogP contribution in [0.25, 0.3) is 0 Å². The van der Waals surface area contributed by atoms with Gasteiger partial charge in [0.15, 0.2) is 0 Å². The molecule has 0 N–H and O–H groups in total. The molecule has 0 aromatic heterocycles. The van der Waals surface area contributed by atoms with Crippen LogP contribution in [0.4, 0.5) is 0 Å². The van der Waals surface area contributed by atoms with E-state index in [1.165, 1.54) is 0 Å². The third kappa shape index (κ3) is 4.17. The molecule has 0 fully saturated rings. The number of hydrogen-bond donors (Lipinski definition) is 0. The molecule has 0 aliphatic heterocycles. The molecule has 0 aliphatic rings. The molecule has 1 radical (unpaired) electrons. The van der Waals surface area contributed by atoms with Crippen LogP contribution < -0.4 is 0 Å². The van der Waals surface area contributed by atoms with Crippen molar-refractivity contribution >= 4 is 14.5 Å². The van der Waals surface area contributed by atoms with Crippen molar-refractivity contribution in [3.8, 4) is 0 Å². The standard InChI is InChI=1S/C5H10P/c1-5(2)4-6-3/h4-5H,3H2,1-2H3. The van der Waals surface area contributed by atoms with Gasteiger partial charge in [0.1, 0.15) is 0 Å². The van der Waals surface area contributed by atoms with Crippen molar-refractivity contribution in [2.45, 2.75) is 13.8 Å². The van der Waals surface area contributed by atoms with Crippen LogP contribution in [0.1, 0.15) is 13.8 Å². The van der Waals surface area contributed by atoms with Crippen LogP contribution in [0.15, 0.2) is 0 Å². The molecular weight excluding hydrogens is 91.0 g/mol. The molecule has 0 aromatic carbocycles. The van der Waals surface area contributed by atoms with E-state index in [2.05, 4.69) is 26.3 Å². The Morgan fingerprint density at radius 3 is 2.17 bits per heavy atom. The monoisotopic (exact) mass is 101 g/mol. The van der Waals surface area contributed by atoms with Crippen molar-refractivity contribution < 1.29 is 0 Å². The average molecular weight is 101 g/mol. The van der Waals surface area contributed by atoms with Gasteiger partial charge in [-0.05, 0) is 5.92 Å². The Hall–Kier alpha value is 0.170. The molecule has 0 saturated heterocycles. The van der Waals surface area contributed by atoms with E-state index in [1.807, 2.05) is 0 Å². The quantitative estimate of drug-likeness (QED) is 0.467. The first-order valence-electron chi connectivity index (χ1n) is 2.06. The van der Waals surface area contributed by atoms with E-state index in [-0.39, 0.29) is 0 Å². The molecular formula is C5H10P. The lowest BCUT2D eigenvalue weighted by molar-refractivity contribution is 0.811. The zero-order chi connectivity index (χ0) is 4.99. The molecule has 0 spiro atoms. The van der Waals surface area contributed by atoms with Gasteiger partial charge in [-0.3, -0.25) is 0 Å². The second kappa shape index (κ2) is 3.36. The summed E-state index contributed by atoms with van der Waals surface area (Å²) < 4.78 is 0. The number of hydrogen-bond acceptors (Lipinski definition) is 0. The van der Waals surface area contributed by atoms with E-state index in [9.17, 15) is 0 Å². The molecule has 0 nitrogen and oxygen atoms in total. The van der Waals surface area contributed by atoms with Crippen molar-refractivity contribution in [3.63, 3.8) is 0 Å². The lowest BCUT2D eigenvalue weighted by atomic mass is 10.3. The highest BCUT2D eigenvalue weighted by molar-refractivity contribution is 7.39. The van der Waals surface area contributed by atoms with Crippen molar-refractivity contribution in [1.82, 2.24) is 0 Å². The highest BCUT2D eigenvalue weighted by Crippen LogP contribution is 2.07. The van der Waals surface area contributed by atoms with Gasteiger partial charge < -0.3 is 0 Å². The van der Waals surface area contributed by atoms with Crippen LogP contribution in [0.5, 0.6) is 0 Å². The molecule has 0 amide bonds. The van der Waals surface area contributed by atoms with Crippen LogP contribution in [-0.2, 0) is 0 Å². The molecule has 0 atom stereocenters. The van der Waals surface area contributed by atoms with Crippen molar-refractivity contribution in [3.05, 3.63) is 6.16 Å². The normalized spacial score (nSPS) is 10.5. The second-order valence-corrected chi connectivity index (χ2v) is 2.24. The highest BCUT2D eigenvalue weighted by atomic mass is 31.1. The SMILES string of the molecule is C=P[CH]C(C)C. The largest absolute Gasteiger partial charge is 0.108 e. The van der Waals surface area contributed by atoms with Crippen LogP contribution in [0.3, 0.4) is 0 Å². The molecule has 1 heteroatoms. The Labute approximate surface area is 41.4 Å². The van der Waals surface area contributed by atoms with Gasteiger partial charge in [-0.25, -0.2) is 0 Å². The fraction of sp³-hybridized carbons (Fsp3) is 0.600. The molecule has 0 aromatic rings. The van der Waals surface area contributed by atoms with Gasteiger partial charge >= 0.3 is 0 Å². The molecule has 0 saturated carbocycles. The van der Waals surface area contributed by atoms with Crippen molar-refractivity contribution in [2.75, 3.05) is 0 Å². The summed E-state index contributed by atoms with van der Waals surface area (Å²) in [6, 6.07) is 0. The van der Waals surface area contributed by atoms with Crippen molar-refractivity contribution in [2.24, 2.45) is 5.92 Å².